The summed E-state index contributed by atoms with van der Waals surface area (Å²) in [5, 5.41) is 18.9. The molecule has 0 heterocycles. The van der Waals surface area contributed by atoms with Crippen molar-refractivity contribution in [3.63, 3.8) is 0 Å². The van der Waals surface area contributed by atoms with E-state index in [1.165, 1.54) is 12.3 Å². The van der Waals surface area contributed by atoms with E-state index < -0.39 is 5.91 Å². The molecule has 4 N–H and O–H groups in total. The standard InChI is InChI=1S/C21H18N4O3/c26-19-9-5-4-6-16(19)14-22-25-20(27)15-10-12-18(13-11-15)24-21(28)23-17-7-2-1-3-8-17/h1-14,26H,(H,25,27)(H2,23,24,28)/b22-14+. The summed E-state index contributed by atoms with van der Waals surface area (Å²) in [5.41, 5.74) is 4.48. The van der Waals surface area contributed by atoms with E-state index in [-0.39, 0.29) is 11.8 Å². The van der Waals surface area contributed by atoms with Crippen LogP contribution in [0.5, 0.6) is 5.75 Å². The largest absolute Gasteiger partial charge is 0.507 e. The van der Waals surface area contributed by atoms with Crippen LogP contribution >= 0.6 is 0 Å². The molecule has 0 aliphatic heterocycles. The molecule has 3 amide bonds. The SMILES string of the molecule is O=C(Nc1ccccc1)Nc1ccc(C(=O)N/N=C/c2ccccc2O)cc1. The van der Waals surface area contributed by atoms with E-state index in [0.717, 1.165) is 0 Å². The smallest absolute Gasteiger partial charge is 0.323 e. The molecule has 7 heteroatoms. The predicted octanol–water partition coefficient (Wildman–Crippen LogP) is 3.80. The number of aromatic hydroxyl groups is 1. The third-order valence-corrected chi connectivity index (χ3v) is 3.74. The molecule has 0 bridgehead atoms. The molecule has 140 valence electrons. The molecule has 0 saturated heterocycles. The monoisotopic (exact) mass is 374 g/mol. The van der Waals surface area contributed by atoms with E-state index >= 15 is 0 Å². The molecular formula is C21H18N4O3. The number of amides is 3. The van der Waals surface area contributed by atoms with Crippen molar-refractivity contribution in [3.8, 4) is 5.75 Å². The Morgan fingerprint density at radius 1 is 0.786 bits per heavy atom. The van der Waals surface area contributed by atoms with Gasteiger partial charge in [0.1, 0.15) is 5.75 Å². The molecule has 0 radical (unpaired) electrons. The Morgan fingerprint density at radius 3 is 2.07 bits per heavy atom. The van der Waals surface area contributed by atoms with Gasteiger partial charge in [0.2, 0.25) is 0 Å². The van der Waals surface area contributed by atoms with Gasteiger partial charge in [0, 0.05) is 22.5 Å². The molecule has 0 spiro atoms. The van der Waals surface area contributed by atoms with Crippen molar-refractivity contribution in [1.82, 2.24) is 5.43 Å². The van der Waals surface area contributed by atoms with Gasteiger partial charge in [-0.3, -0.25) is 4.79 Å². The maximum atomic E-state index is 12.1. The lowest BCUT2D eigenvalue weighted by Crippen LogP contribution is -2.20. The van der Waals surface area contributed by atoms with Crippen molar-refractivity contribution in [3.05, 3.63) is 90.0 Å². The van der Waals surface area contributed by atoms with Crippen molar-refractivity contribution in [2.45, 2.75) is 0 Å². The van der Waals surface area contributed by atoms with Crippen molar-refractivity contribution in [2.24, 2.45) is 5.10 Å². The summed E-state index contributed by atoms with van der Waals surface area (Å²) in [6, 6.07) is 21.7. The minimum Gasteiger partial charge on any atom is -0.507 e. The number of urea groups is 1. The Hall–Kier alpha value is -4.13. The second-order valence-electron chi connectivity index (χ2n) is 5.78. The quantitative estimate of drug-likeness (QED) is 0.403. The van der Waals surface area contributed by atoms with Crippen LogP contribution < -0.4 is 16.1 Å². The Morgan fingerprint density at radius 2 is 1.39 bits per heavy atom. The van der Waals surface area contributed by atoms with Crippen molar-refractivity contribution in [1.29, 1.82) is 0 Å². The molecule has 3 aromatic rings. The molecule has 0 aliphatic carbocycles. The Bertz CT molecular complexity index is 986. The molecule has 0 aliphatic rings. The van der Waals surface area contributed by atoms with Gasteiger partial charge in [0.05, 0.1) is 6.21 Å². The van der Waals surface area contributed by atoms with Gasteiger partial charge in [-0.15, -0.1) is 0 Å². The summed E-state index contributed by atoms with van der Waals surface area (Å²) in [7, 11) is 0. The Balaban J connectivity index is 1.54. The maximum absolute atomic E-state index is 12.1. The summed E-state index contributed by atoms with van der Waals surface area (Å²) in [4.78, 5) is 24.1. The zero-order valence-corrected chi connectivity index (χ0v) is 14.8. The second kappa shape index (κ2) is 9.00. The van der Waals surface area contributed by atoms with Crippen LogP contribution in [0.1, 0.15) is 15.9 Å². The normalized spacial score (nSPS) is 10.4. The molecule has 0 saturated carbocycles. The van der Waals surface area contributed by atoms with Gasteiger partial charge in [0.15, 0.2) is 0 Å². The number of benzene rings is 3. The van der Waals surface area contributed by atoms with E-state index in [1.807, 2.05) is 18.2 Å². The van der Waals surface area contributed by atoms with Gasteiger partial charge in [-0.25, -0.2) is 10.2 Å². The topological polar surface area (TPSA) is 103 Å². The van der Waals surface area contributed by atoms with Crippen molar-refractivity contribution in [2.75, 3.05) is 10.6 Å². The first kappa shape index (κ1) is 18.7. The number of hydrogen-bond acceptors (Lipinski definition) is 4. The first-order valence-corrected chi connectivity index (χ1v) is 8.46. The van der Waals surface area contributed by atoms with Gasteiger partial charge in [-0.05, 0) is 48.5 Å². The fourth-order valence-electron chi connectivity index (χ4n) is 2.34. The molecular weight excluding hydrogens is 356 g/mol. The lowest BCUT2D eigenvalue weighted by atomic mass is 10.2. The molecule has 3 aromatic carbocycles. The number of phenols is 1. The molecule has 28 heavy (non-hydrogen) atoms. The summed E-state index contributed by atoms with van der Waals surface area (Å²) in [5.74, 6) is -0.336. The highest BCUT2D eigenvalue weighted by molar-refractivity contribution is 6.00. The number of nitrogens with one attached hydrogen (secondary N) is 3. The molecule has 3 rings (SSSR count). The Kier molecular flexibility index (Phi) is 5.99. The number of carbonyl (C=O) groups excluding carboxylic acids is 2. The second-order valence-corrected chi connectivity index (χ2v) is 5.78. The van der Waals surface area contributed by atoms with Crippen molar-refractivity contribution < 1.29 is 14.7 Å². The maximum Gasteiger partial charge on any atom is 0.323 e. The van der Waals surface area contributed by atoms with Gasteiger partial charge >= 0.3 is 6.03 Å². The zero-order chi connectivity index (χ0) is 19.8. The average molecular weight is 374 g/mol. The summed E-state index contributed by atoms with van der Waals surface area (Å²) < 4.78 is 0. The number of rotatable bonds is 5. The number of carbonyl (C=O) groups is 2. The third-order valence-electron chi connectivity index (χ3n) is 3.74. The van der Waals surface area contributed by atoms with Crippen LogP contribution in [0.25, 0.3) is 0 Å². The van der Waals surface area contributed by atoms with E-state index in [0.29, 0.717) is 22.5 Å². The van der Waals surface area contributed by atoms with E-state index in [9.17, 15) is 14.7 Å². The number of para-hydroxylation sites is 2. The van der Waals surface area contributed by atoms with Crippen LogP contribution in [0.3, 0.4) is 0 Å². The fraction of sp³-hybridized carbons (Fsp3) is 0. The lowest BCUT2D eigenvalue weighted by molar-refractivity contribution is 0.0955. The van der Waals surface area contributed by atoms with Crippen molar-refractivity contribution >= 4 is 29.5 Å². The van der Waals surface area contributed by atoms with Crippen LogP contribution in [0, 0.1) is 0 Å². The number of nitrogens with zero attached hydrogens (tertiary/aromatic N) is 1. The molecule has 0 aromatic heterocycles. The average Bonchev–Trinajstić information content (AvgIpc) is 2.70. The van der Waals surface area contributed by atoms with E-state index in [1.54, 1.807) is 54.6 Å². The minimum absolute atomic E-state index is 0.0738. The van der Waals surface area contributed by atoms with Gasteiger partial charge in [-0.2, -0.15) is 5.10 Å². The molecule has 0 atom stereocenters. The predicted molar refractivity (Wildman–Crippen MR) is 109 cm³/mol. The van der Waals surface area contributed by atoms with E-state index in [2.05, 4.69) is 21.2 Å². The van der Waals surface area contributed by atoms with Gasteiger partial charge in [0.25, 0.3) is 5.91 Å². The van der Waals surface area contributed by atoms with E-state index in [4.69, 9.17) is 0 Å². The lowest BCUT2D eigenvalue weighted by Gasteiger charge is -2.08. The van der Waals surface area contributed by atoms with Crippen LogP contribution in [0.15, 0.2) is 84.0 Å². The van der Waals surface area contributed by atoms with Crippen LogP contribution in [-0.2, 0) is 0 Å². The molecule has 0 unspecified atom stereocenters. The molecule has 7 nitrogen and oxygen atoms in total. The number of anilines is 2. The number of hydrazone groups is 1. The van der Waals surface area contributed by atoms with Crippen LogP contribution in [0.2, 0.25) is 0 Å². The summed E-state index contributed by atoms with van der Waals surface area (Å²) in [6.07, 6.45) is 1.36. The van der Waals surface area contributed by atoms with Gasteiger partial charge < -0.3 is 15.7 Å². The highest BCUT2D eigenvalue weighted by Gasteiger charge is 2.06. The fourth-order valence-corrected chi connectivity index (χ4v) is 2.34. The number of hydrogen-bond donors (Lipinski definition) is 4. The Labute approximate surface area is 161 Å². The molecule has 0 fully saturated rings. The first-order chi connectivity index (χ1) is 13.6. The van der Waals surface area contributed by atoms with Crippen LogP contribution in [-0.4, -0.2) is 23.3 Å². The van der Waals surface area contributed by atoms with Crippen LogP contribution in [0.4, 0.5) is 16.2 Å². The zero-order valence-electron chi connectivity index (χ0n) is 14.8. The number of phenolic OH excluding ortho intramolecular Hbond substituents is 1. The summed E-state index contributed by atoms with van der Waals surface area (Å²) >= 11 is 0. The summed E-state index contributed by atoms with van der Waals surface area (Å²) in [6.45, 7) is 0. The highest BCUT2D eigenvalue weighted by Crippen LogP contribution is 2.13. The highest BCUT2D eigenvalue weighted by atomic mass is 16.3. The third kappa shape index (κ3) is 5.18. The van der Waals surface area contributed by atoms with Gasteiger partial charge in [-0.1, -0.05) is 30.3 Å². The minimum atomic E-state index is -0.410. The first-order valence-electron chi connectivity index (χ1n) is 8.46.